The Balaban J connectivity index is 2.15. The Morgan fingerprint density at radius 3 is 2.65 bits per heavy atom. The summed E-state index contributed by atoms with van der Waals surface area (Å²) in [6.07, 6.45) is 1.66. The summed E-state index contributed by atoms with van der Waals surface area (Å²) < 4.78 is 1.85. The second-order valence-electron chi connectivity index (χ2n) is 3.80. The molecule has 0 aliphatic carbocycles. The first-order valence-electron chi connectivity index (χ1n) is 5.15. The quantitative estimate of drug-likeness (QED) is 0.896. The van der Waals surface area contributed by atoms with E-state index in [4.69, 9.17) is 11.6 Å². The van der Waals surface area contributed by atoms with Crippen LogP contribution in [0.2, 0.25) is 5.15 Å². The minimum absolute atomic E-state index is 0.437. The van der Waals surface area contributed by atoms with Crippen LogP contribution in [0.5, 0.6) is 0 Å². The number of hydrogen-bond acceptors (Lipinski definition) is 5. The lowest BCUT2D eigenvalue weighted by Gasteiger charge is -2.09. The largest absolute Gasteiger partial charge is 0.361 e. The summed E-state index contributed by atoms with van der Waals surface area (Å²) in [6, 6.07) is 0. The molecule has 17 heavy (non-hydrogen) atoms. The van der Waals surface area contributed by atoms with Gasteiger partial charge in [0.25, 0.3) is 0 Å². The van der Waals surface area contributed by atoms with E-state index in [-0.39, 0.29) is 0 Å². The molecule has 0 saturated heterocycles. The summed E-state index contributed by atoms with van der Waals surface area (Å²) in [6.45, 7) is 4.42. The Bertz CT molecular complexity index is 536. The third-order valence-corrected chi connectivity index (χ3v) is 3.04. The van der Waals surface area contributed by atoms with Crippen LogP contribution in [0.15, 0.2) is 6.33 Å². The van der Waals surface area contributed by atoms with Crippen molar-refractivity contribution >= 4 is 17.4 Å². The van der Waals surface area contributed by atoms with Gasteiger partial charge < -0.3 is 9.88 Å². The van der Waals surface area contributed by atoms with Crippen LogP contribution >= 0.6 is 11.6 Å². The predicted octanol–water partition coefficient (Wildman–Crippen LogP) is 1.49. The van der Waals surface area contributed by atoms with E-state index in [1.165, 1.54) is 0 Å². The van der Waals surface area contributed by atoms with Crippen LogP contribution in [0.25, 0.3) is 0 Å². The maximum Gasteiger partial charge on any atom is 0.155 e. The highest BCUT2D eigenvalue weighted by molar-refractivity contribution is 6.30. The first kappa shape index (κ1) is 11.8. The molecule has 0 fully saturated rings. The monoisotopic (exact) mass is 252 g/mol. The van der Waals surface area contributed by atoms with Gasteiger partial charge in [-0.2, -0.15) is 0 Å². The summed E-state index contributed by atoms with van der Waals surface area (Å²) in [5.41, 5.74) is 1.93. The topological polar surface area (TPSA) is 68.5 Å². The Kier molecular flexibility index (Phi) is 3.23. The molecule has 90 valence electrons. The summed E-state index contributed by atoms with van der Waals surface area (Å²) in [4.78, 5) is 0. The average molecular weight is 253 g/mol. The molecule has 2 rings (SSSR count). The van der Waals surface area contributed by atoms with E-state index in [0.717, 1.165) is 22.8 Å². The van der Waals surface area contributed by atoms with Crippen molar-refractivity contribution in [1.82, 2.24) is 25.0 Å². The van der Waals surface area contributed by atoms with Gasteiger partial charge in [0.1, 0.15) is 6.33 Å². The molecule has 0 unspecified atom stereocenters. The summed E-state index contributed by atoms with van der Waals surface area (Å²) in [5, 5.41) is 19.3. The highest BCUT2D eigenvalue weighted by atomic mass is 35.5. The Morgan fingerprint density at radius 2 is 2.00 bits per heavy atom. The molecule has 2 aromatic rings. The minimum atomic E-state index is 0.437. The van der Waals surface area contributed by atoms with Gasteiger partial charge in [-0.1, -0.05) is 11.6 Å². The van der Waals surface area contributed by atoms with Gasteiger partial charge in [-0.3, -0.25) is 0 Å². The minimum Gasteiger partial charge on any atom is -0.361 e. The van der Waals surface area contributed by atoms with Crippen molar-refractivity contribution in [3.63, 3.8) is 0 Å². The fourth-order valence-corrected chi connectivity index (χ4v) is 1.55. The van der Waals surface area contributed by atoms with Crippen molar-refractivity contribution < 1.29 is 0 Å². The van der Waals surface area contributed by atoms with Gasteiger partial charge in [0.05, 0.1) is 6.54 Å². The van der Waals surface area contributed by atoms with E-state index in [1.54, 1.807) is 6.33 Å². The number of hydrogen-bond donors (Lipinski definition) is 1. The molecule has 0 aliphatic rings. The van der Waals surface area contributed by atoms with Crippen LogP contribution in [0.1, 0.15) is 17.0 Å². The van der Waals surface area contributed by atoms with E-state index < -0.39 is 0 Å². The smallest absolute Gasteiger partial charge is 0.155 e. The van der Waals surface area contributed by atoms with Crippen molar-refractivity contribution in [1.29, 1.82) is 0 Å². The number of halogens is 1. The summed E-state index contributed by atoms with van der Waals surface area (Å²) in [7, 11) is 1.89. The van der Waals surface area contributed by atoms with Crippen LogP contribution < -0.4 is 5.32 Å². The van der Waals surface area contributed by atoms with Crippen molar-refractivity contribution in [2.45, 2.75) is 20.4 Å². The van der Waals surface area contributed by atoms with E-state index in [2.05, 4.69) is 25.7 Å². The molecule has 0 amide bonds. The molecule has 0 saturated carbocycles. The van der Waals surface area contributed by atoms with Crippen molar-refractivity contribution in [3.8, 4) is 0 Å². The molecule has 0 radical (unpaired) electrons. The molecule has 0 atom stereocenters. The second kappa shape index (κ2) is 4.67. The normalized spacial score (nSPS) is 10.6. The van der Waals surface area contributed by atoms with Gasteiger partial charge in [-0.15, -0.1) is 20.4 Å². The predicted molar refractivity (Wildman–Crippen MR) is 64.8 cm³/mol. The summed E-state index contributed by atoms with van der Waals surface area (Å²) >= 11 is 5.88. The number of nitrogens with one attached hydrogen (secondary N) is 1. The standard InChI is InChI=1S/C10H13ClN6/c1-6-7(2)10(16-15-9(6)11)12-4-8-14-13-5-17(8)3/h5H,4H2,1-3H3,(H,12,16). The Morgan fingerprint density at radius 1 is 1.24 bits per heavy atom. The Labute approximate surface area is 104 Å². The fraction of sp³-hybridized carbons (Fsp3) is 0.400. The summed E-state index contributed by atoms with van der Waals surface area (Å²) in [5.74, 6) is 1.55. The lowest BCUT2D eigenvalue weighted by molar-refractivity contribution is 0.806. The van der Waals surface area contributed by atoms with Crippen molar-refractivity contribution in [3.05, 3.63) is 28.4 Å². The van der Waals surface area contributed by atoms with Gasteiger partial charge in [0.2, 0.25) is 0 Å². The van der Waals surface area contributed by atoms with Crippen LogP contribution in [0.3, 0.4) is 0 Å². The number of aromatic nitrogens is 5. The Hall–Kier alpha value is -1.69. The molecule has 6 nitrogen and oxygen atoms in total. The molecular formula is C10H13ClN6. The lowest BCUT2D eigenvalue weighted by atomic mass is 10.2. The number of anilines is 1. The third kappa shape index (κ3) is 2.36. The first-order valence-corrected chi connectivity index (χ1v) is 5.53. The molecule has 2 aromatic heterocycles. The maximum absolute atomic E-state index is 5.88. The third-order valence-electron chi connectivity index (χ3n) is 2.68. The highest BCUT2D eigenvalue weighted by Crippen LogP contribution is 2.20. The zero-order valence-corrected chi connectivity index (χ0v) is 10.7. The van der Waals surface area contributed by atoms with Crippen LogP contribution in [0, 0.1) is 13.8 Å². The fourth-order valence-electron chi connectivity index (χ4n) is 1.37. The van der Waals surface area contributed by atoms with E-state index >= 15 is 0 Å². The van der Waals surface area contributed by atoms with Crippen LogP contribution in [-0.2, 0) is 13.6 Å². The SMILES string of the molecule is Cc1c(Cl)nnc(NCc2nncn2C)c1C. The van der Waals surface area contributed by atoms with Crippen molar-refractivity contribution in [2.75, 3.05) is 5.32 Å². The lowest BCUT2D eigenvalue weighted by Crippen LogP contribution is -2.09. The zero-order valence-electron chi connectivity index (χ0n) is 9.90. The van der Waals surface area contributed by atoms with Gasteiger partial charge in [0.15, 0.2) is 16.8 Å². The van der Waals surface area contributed by atoms with E-state index in [0.29, 0.717) is 11.7 Å². The van der Waals surface area contributed by atoms with Crippen LogP contribution in [0.4, 0.5) is 5.82 Å². The molecule has 1 N–H and O–H groups in total. The van der Waals surface area contributed by atoms with E-state index in [9.17, 15) is 0 Å². The van der Waals surface area contributed by atoms with Gasteiger partial charge in [-0.25, -0.2) is 0 Å². The highest BCUT2D eigenvalue weighted by Gasteiger charge is 2.08. The van der Waals surface area contributed by atoms with Crippen LogP contribution in [-0.4, -0.2) is 25.0 Å². The van der Waals surface area contributed by atoms with Gasteiger partial charge in [0, 0.05) is 7.05 Å². The maximum atomic E-state index is 5.88. The number of aryl methyl sites for hydroxylation is 1. The molecule has 7 heteroatoms. The second-order valence-corrected chi connectivity index (χ2v) is 4.16. The molecule has 0 spiro atoms. The zero-order chi connectivity index (χ0) is 12.4. The number of nitrogens with zero attached hydrogens (tertiary/aromatic N) is 5. The first-order chi connectivity index (χ1) is 8.09. The molecular weight excluding hydrogens is 240 g/mol. The van der Waals surface area contributed by atoms with E-state index in [1.807, 2.05) is 25.5 Å². The van der Waals surface area contributed by atoms with Crippen molar-refractivity contribution in [2.24, 2.45) is 7.05 Å². The molecule has 0 aliphatic heterocycles. The molecule has 0 bridgehead atoms. The molecule has 0 aromatic carbocycles. The van der Waals surface area contributed by atoms with Gasteiger partial charge in [-0.05, 0) is 25.0 Å². The molecule has 2 heterocycles. The van der Waals surface area contributed by atoms with Gasteiger partial charge >= 0.3 is 0 Å². The average Bonchev–Trinajstić information content (AvgIpc) is 2.71. The number of rotatable bonds is 3.